The fourth-order valence-electron chi connectivity index (χ4n) is 3.80. The summed E-state index contributed by atoms with van der Waals surface area (Å²) in [5, 5.41) is 22.1. The lowest BCUT2D eigenvalue weighted by atomic mass is 9.79. The van der Waals surface area contributed by atoms with E-state index in [0.717, 1.165) is 11.3 Å². The van der Waals surface area contributed by atoms with Crippen molar-refractivity contribution in [3.05, 3.63) is 47.0 Å². The summed E-state index contributed by atoms with van der Waals surface area (Å²) in [4.78, 5) is 8.98. The molecule has 0 aliphatic carbocycles. The van der Waals surface area contributed by atoms with E-state index in [9.17, 15) is 10.2 Å². The molecule has 2 heterocycles. The molecule has 0 bridgehead atoms. The van der Waals surface area contributed by atoms with E-state index in [2.05, 4.69) is 9.97 Å². The molecule has 0 aliphatic rings. The molecule has 0 saturated heterocycles. The van der Waals surface area contributed by atoms with E-state index in [1.807, 2.05) is 46.8 Å². The van der Waals surface area contributed by atoms with Crippen LogP contribution in [-0.4, -0.2) is 20.2 Å². The molecule has 0 fully saturated rings. The van der Waals surface area contributed by atoms with Crippen LogP contribution in [0.25, 0.3) is 0 Å². The lowest BCUT2D eigenvalue weighted by molar-refractivity contribution is -0.0243. The predicted molar refractivity (Wildman–Crippen MR) is 114 cm³/mol. The van der Waals surface area contributed by atoms with Gasteiger partial charge in [-0.05, 0) is 62.3 Å². The second kappa shape index (κ2) is 8.45. The fraction of sp³-hybridized carbons (Fsp3) is 0.545. The van der Waals surface area contributed by atoms with Gasteiger partial charge in [-0.2, -0.15) is 0 Å². The van der Waals surface area contributed by atoms with Gasteiger partial charge in [0.1, 0.15) is 11.2 Å². The van der Waals surface area contributed by atoms with Crippen LogP contribution in [-0.2, 0) is 17.6 Å². The molecule has 0 radical (unpaired) electrons. The number of pyridine rings is 2. The number of aryl methyl sites for hydroxylation is 1. The summed E-state index contributed by atoms with van der Waals surface area (Å²) in [6.45, 7) is 9.63. The summed E-state index contributed by atoms with van der Waals surface area (Å²) in [6, 6.07) is 5.47. The van der Waals surface area contributed by atoms with Crippen LogP contribution in [0.4, 0.5) is 11.4 Å². The second-order valence-electron chi connectivity index (χ2n) is 7.79. The molecule has 6 nitrogen and oxygen atoms in total. The Balaban J connectivity index is 2.34. The van der Waals surface area contributed by atoms with E-state index in [0.29, 0.717) is 48.4 Å². The third-order valence-corrected chi connectivity index (χ3v) is 5.96. The highest BCUT2D eigenvalue weighted by Crippen LogP contribution is 2.38. The second-order valence-corrected chi connectivity index (χ2v) is 7.79. The van der Waals surface area contributed by atoms with Gasteiger partial charge in [0, 0.05) is 11.9 Å². The van der Waals surface area contributed by atoms with Crippen LogP contribution in [0.3, 0.4) is 0 Å². The number of rotatable bonds is 8. The Morgan fingerprint density at radius 3 is 2.18 bits per heavy atom. The first-order valence-electron chi connectivity index (χ1n) is 10.0. The maximum absolute atomic E-state index is 11.4. The highest BCUT2D eigenvalue weighted by molar-refractivity contribution is 5.49. The number of aromatic nitrogens is 2. The van der Waals surface area contributed by atoms with Crippen LogP contribution in [0.1, 0.15) is 69.6 Å². The largest absolute Gasteiger partial charge is 0.397 e. The van der Waals surface area contributed by atoms with Crippen molar-refractivity contribution in [2.45, 2.75) is 71.5 Å². The van der Waals surface area contributed by atoms with E-state index in [4.69, 9.17) is 11.5 Å². The maximum Gasteiger partial charge on any atom is 0.111 e. The SMILES string of the molecule is CCC(O)(CC)c1ncc(CC(C)C(O)(CC)c2nc(C)ccc2N)cc1N. The number of nitrogens with zero attached hydrogens (tertiary/aromatic N) is 2. The Bertz CT molecular complexity index is 820. The van der Waals surface area contributed by atoms with Gasteiger partial charge in [0.25, 0.3) is 0 Å². The van der Waals surface area contributed by atoms with E-state index >= 15 is 0 Å². The topological polar surface area (TPSA) is 118 Å². The number of aliphatic hydroxyl groups is 2. The van der Waals surface area contributed by atoms with E-state index in [1.54, 1.807) is 12.3 Å². The van der Waals surface area contributed by atoms with E-state index in [1.165, 1.54) is 0 Å². The molecule has 6 N–H and O–H groups in total. The summed E-state index contributed by atoms with van der Waals surface area (Å²) >= 11 is 0. The van der Waals surface area contributed by atoms with Gasteiger partial charge in [-0.15, -0.1) is 0 Å². The molecule has 0 saturated carbocycles. The lowest BCUT2D eigenvalue weighted by Crippen LogP contribution is -2.36. The van der Waals surface area contributed by atoms with Crippen molar-refractivity contribution in [1.82, 2.24) is 9.97 Å². The summed E-state index contributed by atoms with van der Waals surface area (Å²) in [5.41, 5.74) is 13.9. The third kappa shape index (κ3) is 4.13. The molecular formula is C22H34N4O2. The zero-order valence-electron chi connectivity index (χ0n) is 17.7. The average Bonchev–Trinajstić information content (AvgIpc) is 2.68. The van der Waals surface area contributed by atoms with Gasteiger partial charge in [-0.3, -0.25) is 9.97 Å². The van der Waals surface area contributed by atoms with Crippen LogP contribution < -0.4 is 11.5 Å². The van der Waals surface area contributed by atoms with Gasteiger partial charge in [-0.25, -0.2) is 0 Å². The summed E-state index contributed by atoms with van der Waals surface area (Å²) in [7, 11) is 0. The molecule has 2 rings (SSSR count). The zero-order valence-corrected chi connectivity index (χ0v) is 17.7. The van der Waals surface area contributed by atoms with Crippen molar-refractivity contribution in [3.63, 3.8) is 0 Å². The third-order valence-electron chi connectivity index (χ3n) is 5.96. The molecule has 154 valence electrons. The van der Waals surface area contributed by atoms with Gasteiger partial charge in [0.2, 0.25) is 0 Å². The van der Waals surface area contributed by atoms with Crippen molar-refractivity contribution in [2.75, 3.05) is 11.5 Å². The highest BCUT2D eigenvalue weighted by atomic mass is 16.3. The zero-order chi connectivity index (χ0) is 21.1. The summed E-state index contributed by atoms with van der Waals surface area (Å²) in [5.74, 6) is -0.155. The quantitative estimate of drug-likeness (QED) is 0.552. The Kier molecular flexibility index (Phi) is 6.67. The normalized spacial score (nSPS) is 15.2. The van der Waals surface area contributed by atoms with Gasteiger partial charge in [0.15, 0.2) is 0 Å². The smallest absolute Gasteiger partial charge is 0.111 e. The molecule has 2 aromatic rings. The number of nitrogens with two attached hydrogens (primary N) is 2. The summed E-state index contributed by atoms with van der Waals surface area (Å²) < 4.78 is 0. The van der Waals surface area contributed by atoms with Crippen molar-refractivity contribution in [2.24, 2.45) is 5.92 Å². The van der Waals surface area contributed by atoms with Gasteiger partial charge in [0.05, 0.1) is 22.8 Å². The Morgan fingerprint density at radius 2 is 1.64 bits per heavy atom. The molecule has 2 aromatic heterocycles. The first-order valence-corrected chi connectivity index (χ1v) is 10.0. The van der Waals surface area contributed by atoms with Crippen molar-refractivity contribution in [1.29, 1.82) is 0 Å². The van der Waals surface area contributed by atoms with E-state index < -0.39 is 11.2 Å². The number of nitrogen functional groups attached to an aromatic ring is 2. The molecule has 6 heteroatoms. The number of hydrogen-bond donors (Lipinski definition) is 4. The Hall–Kier alpha value is -2.18. The molecule has 0 aromatic carbocycles. The van der Waals surface area contributed by atoms with Crippen LogP contribution >= 0.6 is 0 Å². The minimum absolute atomic E-state index is 0.155. The minimum atomic E-state index is -1.16. The Labute approximate surface area is 168 Å². The first-order chi connectivity index (χ1) is 13.1. The molecule has 0 amide bonds. The fourth-order valence-corrected chi connectivity index (χ4v) is 3.80. The monoisotopic (exact) mass is 386 g/mol. The average molecular weight is 387 g/mol. The molecule has 2 atom stereocenters. The summed E-state index contributed by atoms with van der Waals surface area (Å²) in [6.07, 6.45) is 3.88. The Morgan fingerprint density at radius 1 is 1.00 bits per heavy atom. The minimum Gasteiger partial charge on any atom is -0.397 e. The highest BCUT2D eigenvalue weighted by Gasteiger charge is 2.37. The van der Waals surface area contributed by atoms with Crippen molar-refractivity contribution < 1.29 is 10.2 Å². The van der Waals surface area contributed by atoms with Crippen LogP contribution in [0.2, 0.25) is 0 Å². The standard InChI is InChI=1S/C22H34N4O2/c1-6-21(27,7-2)19-18(24)12-16(13-25-19)11-14(4)22(28,8-3)20-17(23)10-9-15(5)26-20/h9-10,12-14,27-28H,6-8,11,23-24H2,1-5H3. The number of hydrogen-bond acceptors (Lipinski definition) is 6. The van der Waals surface area contributed by atoms with Crippen molar-refractivity contribution in [3.8, 4) is 0 Å². The lowest BCUT2D eigenvalue weighted by Gasteiger charge is -2.34. The van der Waals surface area contributed by atoms with Crippen LogP contribution in [0.5, 0.6) is 0 Å². The molecule has 0 aliphatic heterocycles. The molecular weight excluding hydrogens is 352 g/mol. The maximum atomic E-state index is 11.4. The van der Waals surface area contributed by atoms with Crippen LogP contribution in [0.15, 0.2) is 24.4 Å². The van der Waals surface area contributed by atoms with E-state index in [-0.39, 0.29) is 5.92 Å². The van der Waals surface area contributed by atoms with Crippen LogP contribution in [0, 0.1) is 12.8 Å². The number of anilines is 2. The van der Waals surface area contributed by atoms with Gasteiger partial charge < -0.3 is 21.7 Å². The molecule has 0 spiro atoms. The first kappa shape index (κ1) is 22.1. The van der Waals surface area contributed by atoms with Gasteiger partial charge in [-0.1, -0.05) is 27.7 Å². The predicted octanol–water partition coefficient (Wildman–Crippen LogP) is 3.43. The molecule has 28 heavy (non-hydrogen) atoms. The van der Waals surface area contributed by atoms with Gasteiger partial charge >= 0.3 is 0 Å². The van der Waals surface area contributed by atoms with Crippen molar-refractivity contribution >= 4 is 11.4 Å². The molecule has 2 unspecified atom stereocenters.